The molecule has 0 atom stereocenters. The van der Waals surface area contributed by atoms with Gasteiger partial charge >= 0.3 is 6.18 Å². The SMILES string of the molecule is CCc1ccc(/C=N/OCC(F)(F)F)nc1-c1nc2cc(C)ncn2n1. The molecular formula is C16H15F3N6O. The van der Waals surface area contributed by atoms with Crippen LogP contribution in [0.2, 0.25) is 0 Å². The van der Waals surface area contributed by atoms with E-state index in [1.807, 2.05) is 19.9 Å². The number of aryl methyl sites for hydroxylation is 2. The van der Waals surface area contributed by atoms with E-state index in [-0.39, 0.29) is 0 Å². The first-order valence-electron chi connectivity index (χ1n) is 7.77. The van der Waals surface area contributed by atoms with Crippen LogP contribution in [0.25, 0.3) is 17.2 Å². The number of fused-ring (bicyclic) bond motifs is 1. The molecule has 0 N–H and O–H groups in total. The van der Waals surface area contributed by atoms with Crippen molar-refractivity contribution in [3.05, 3.63) is 41.5 Å². The highest BCUT2D eigenvalue weighted by Crippen LogP contribution is 2.20. The minimum atomic E-state index is -4.44. The van der Waals surface area contributed by atoms with Crippen molar-refractivity contribution in [2.75, 3.05) is 6.61 Å². The van der Waals surface area contributed by atoms with Crippen LogP contribution >= 0.6 is 0 Å². The molecule has 7 nitrogen and oxygen atoms in total. The molecule has 0 aromatic carbocycles. The van der Waals surface area contributed by atoms with Crippen molar-refractivity contribution in [1.82, 2.24) is 24.6 Å². The van der Waals surface area contributed by atoms with E-state index < -0.39 is 12.8 Å². The van der Waals surface area contributed by atoms with Crippen molar-refractivity contribution in [2.45, 2.75) is 26.4 Å². The Bertz CT molecular complexity index is 951. The summed E-state index contributed by atoms with van der Waals surface area (Å²) in [6, 6.07) is 5.24. The highest BCUT2D eigenvalue weighted by atomic mass is 19.4. The Hall–Kier alpha value is -3.04. The van der Waals surface area contributed by atoms with Crippen LogP contribution < -0.4 is 0 Å². The lowest BCUT2D eigenvalue weighted by atomic mass is 10.1. The van der Waals surface area contributed by atoms with Crippen molar-refractivity contribution >= 4 is 11.9 Å². The predicted octanol–water partition coefficient (Wildman–Crippen LogP) is 2.97. The average Bonchev–Trinajstić information content (AvgIpc) is 3.00. The van der Waals surface area contributed by atoms with E-state index in [2.05, 4.69) is 30.0 Å². The Labute approximate surface area is 146 Å². The van der Waals surface area contributed by atoms with Crippen molar-refractivity contribution in [1.29, 1.82) is 0 Å². The maximum Gasteiger partial charge on any atom is 0.425 e. The molecule has 0 aliphatic rings. The molecule has 3 aromatic heterocycles. The first-order valence-corrected chi connectivity index (χ1v) is 7.77. The Balaban J connectivity index is 1.90. The summed E-state index contributed by atoms with van der Waals surface area (Å²) >= 11 is 0. The topological polar surface area (TPSA) is 77.6 Å². The lowest BCUT2D eigenvalue weighted by Gasteiger charge is -2.05. The quantitative estimate of drug-likeness (QED) is 0.514. The van der Waals surface area contributed by atoms with Gasteiger partial charge in [-0.15, -0.1) is 5.10 Å². The van der Waals surface area contributed by atoms with E-state index in [9.17, 15) is 13.2 Å². The van der Waals surface area contributed by atoms with Crippen molar-refractivity contribution in [2.24, 2.45) is 5.16 Å². The third kappa shape index (κ3) is 4.13. The molecule has 0 bridgehead atoms. The molecule has 3 aromatic rings. The standard InChI is InChI=1S/C16H15F3N6O/c1-3-11-4-5-12(7-21-26-8-16(17,18)19)22-14(11)15-23-13-6-10(2)20-9-25(13)24-15/h4-7,9H,3,8H2,1-2H3/b21-7+. The predicted molar refractivity (Wildman–Crippen MR) is 87.7 cm³/mol. The molecule has 136 valence electrons. The number of hydrogen-bond donors (Lipinski definition) is 0. The number of aromatic nitrogens is 5. The fourth-order valence-electron chi connectivity index (χ4n) is 2.24. The smallest absolute Gasteiger partial charge is 0.386 e. The molecule has 10 heteroatoms. The van der Waals surface area contributed by atoms with E-state index in [4.69, 9.17) is 0 Å². The van der Waals surface area contributed by atoms with E-state index in [1.165, 1.54) is 4.52 Å². The lowest BCUT2D eigenvalue weighted by Crippen LogP contribution is -2.14. The van der Waals surface area contributed by atoms with Crippen LogP contribution in [0.15, 0.2) is 29.7 Å². The van der Waals surface area contributed by atoms with Gasteiger partial charge < -0.3 is 4.84 Å². The first-order chi connectivity index (χ1) is 12.4. The molecular weight excluding hydrogens is 349 g/mol. The minimum Gasteiger partial charge on any atom is -0.386 e. The number of hydrogen-bond acceptors (Lipinski definition) is 6. The summed E-state index contributed by atoms with van der Waals surface area (Å²) in [4.78, 5) is 17.2. The fourth-order valence-corrected chi connectivity index (χ4v) is 2.24. The van der Waals surface area contributed by atoms with Crippen molar-refractivity contribution in [3.8, 4) is 11.5 Å². The number of oxime groups is 1. The molecule has 0 saturated heterocycles. The summed E-state index contributed by atoms with van der Waals surface area (Å²) in [7, 11) is 0. The number of rotatable bonds is 5. The number of pyridine rings is 1. The second kappa shape index (κ2) is 7.06. The Morgan fingerprint density at radius 3 is 2.81 bits per heavy atom. The molecule has 26 heavy (non-hydrogen) atoms. The Kier molecular flexibility index (Phi) is 4.83. The summed E-state index contributed by atoms with van der Waals surface area (Å²) in [5.41, 5.74) is 3.21. The summed E-state index contributed by atoms with van der Waals surface area (Å²) in [6.07, 6.45) is -1.06. The van der Waals surface area contributed by atoms with E-state index in [1.54, 1.807) is 18.5 Å². The van der Waals surface area contributed by atoms with Gasteiger partial charge in [0.05, 0.1) is 11.9 Å². The van der Waals surface area contributed by atoms with Crippen LogP contribution in [0.3, 0.4) is 0 Å². The van der Waals surface area contributed by atoms with Gasteiger partial charge in [-0.2, -0.15) is 13.2 Å². The number of halogens is 3. The lowest BCUT2D eigenvalue weighted by molar-refractivity contribution is -0.173. The van der Waals surface area contributed by atoms with Gasteiger partial charge in [-0.05, 0) is 25.0 Å². The van der Waals surface area contributed by atoms with Crippen LogP contribution in [-0.2, 0) is 11.3 Å². The average molecular weight is 364 g/mol. The van der Waals surface area contributed by atoms with Gasteiger partial charge in [0.1, 0.15) is 12.0 Å². The van der Waals surface area contributed by atoms with E-state index in [0.29, 0.717) is 29.3 Å². The Morgan fingerprint density at radius 2 is 2.08 bits per heavy atom. The molecule has 0 aliphatic heterocycles. The zero-order chi connectivity index (χ0) is 18.7. The normalized spacial score (nSPS) is 12.2. The van der Waals surface area contributed by atoms with Gasteiger partial charge in [-0.3, -0.25) is 0 Å². The molecule has 0 spiro atoms. The largest absolute Gasteiger partial charge is 0.425 e. The van der Waals surface area contributed by atoms with E-state index >= 15 is 0 Å². The molecule has 0 unspecified atom stereocenters. The monoisotopic (exact) mass is 364 g/mol. The molecule has 3 heterocycles. The van der Waals surface area contributed by atoms with Gasteiger partial charge in [-0.1, -0.05) is 18.1 Å². The second-order valence-electron chi connectivity index (χ2n) is 5.49. The van der Waals surface area contributed by atoms with Gasteiger partial charge in [0.2, 0.25) is 12.4 Å². The third-order valence-corrected chi connectivity index (χ3v) is 3.45. The van der Waals surface area contributed by atoms with Gasteiger partial charge in [0, 0.05) is 11.8 Å². The van der Waals surface area contributed by atoms with Crippen molar-refractivity contribution < 1.29 is 18.0 Å². The fraction of sp³-hybridized carbons (Fsp3) is 0.312. The summed E-state index contributed by atoms with van der Waals surface area (Å²) in [5, 5.41) is 7.67. The summed E-state index contributed by atoms with van der Waals surface area (Å²) in [5.74, 6) is 0.403. The van der Waals surface area contributed by atoms with Crippen LogP contribution in [0.5, 0.6) is 0 Å². The zero-order valence-corrected chi connectivity index (χ0v) is 14.0. The highest BCUT2D eigenvalue weighted by Gasteiger charge is 2.28. The number of alkyl halides is 3. The van der Waals surface area contributed by atoms with Gasteiger partial charge in [0.25, 0.3) is 0 Å². The Morgan fingerprint density at radius 1 is 1.27 bits per heavy atom. The minimum absolute atomic E-state index is 0.340. The van der Waals surface area contributed by atoms with E-state index in [0.717, 1.165) is 17.5 Å². The van der Waals surface area contributed by atoms with Crippen molar-refractivity contribution in [3.63, 3.8) is 0 Å². The number of nitrogens with zero attached hydrogens (tertiary/aromatic N) is 6. The molecule has 0 saturated carbocycles. The van der Waals surface area contributed by atoms with Crippen LogP contribution in [0.1, 0.15) is 23.9 Å². The second-order valence-corrected chi connectivity index (χ2v) is 5.49. The third-order valence-electron chi connectivity index (χ3n) is 3.45. The molecule has 0 amide bonds. The molecule has 0 aliphatic carbocycles. The molecule has 0 fully saturated rings. The molecule has 0 radical (unpaired) electrons. The van der Waals surface area contributed by atoms with Crippen LogP contribution in [-0.4, -0.2) is 43.6 Å². The zero-order valence-electron chi connectivity index (χ0n) is 14.0. The first kappa shape index (κ1) is 17.8. The summed E-state index contributed by atoms with van der Waals surface area (Å²) in [6.45, 7) is 2.36. The van der Waals surface area contributed by atoms with Crippen LogP contribution in [0.4, 0.5) is 13.2 Å². The summed E-state index contributed by atoms with van der Waals surface area (Å²) < 4.78 is 37.7. The van der Waals surface area contributed by atoms with Crippen LogP contribution in [0, 0.1) is 6.92 Å². The van der Waals surface area contributed by atoms with Gasteiger partial charge in [-0.25, -0.2) is 19.5 Å². The maximum atomic E-state index is 12.1. The molecule has 3 rings (SSSR count). The highest BCUT2D eigenvalue weighted by molar-refractivity contribution is 5.78. The maximum absolute atomic E-state index is 12.1. The van der Waals surface area contributed by atoms with Gasteiger partial charge in [0.15, 0.2) is 5.65 Å².